The summed E-state index contributed by atoms with van der Waals surface area (Å²) in [6, 6.07) is 0. The molecule has 28 heavy (non-hydrogen) atoms. The summed E-state index contributed by atoms with van der Waals surface area (Å²) in [5.41, 5.74) is -2.50. The Morgan fingerprint density at radius 2 is 1.93 bits per heavy atom. The number of hydrogen-bond acceptors (Lipinski definition) is 4. The van der Waals surface area contributed by atoms with Gasteiger partial charge >= 0.3 is 0 Å². The van der Waals surface area contributed by atoms with Crippen LogP contribution in [0.2, 0.25) is 0 Å². The summed E-state index contributed by atoms with van der Waals surface area (Å²) in [5.74, 6) is -0.907. The Labute approximate surface area is 174 Å². The van der Waals surface area contributed by atoms with Crippen molar-refractivity contribution < 1.29 is 24.2 Å². The van der Waals surface area contributed by atoms with Gasteiger partial charge in [-0.2, -0.15) is 0 Å². The Kier molecular flexibility index (Phi) is 4.41. The van der Waals surface area contributed by atoms with Gasteiger partial charge in [0, 0.05) is 17.3 Å². The number of rotatable bonds is 1. The van der Waals surface area contributed by atoms with Crippen molar-refractivity contribution in [3.63, 3.8) is 0 Å². The molecule has 9 atom stereocenters. The van der Waals surface area contributed by atoms with Gasteiger partial charge in [0.15, 0.2) is 11.6 Å². The fraction of sp³-hybridized carbons (Fsp3) is 0.818. The van der Waals surface area contributed by atoms with Crippen molar-refractivity contribution in [2.75, 3.05) is 0 Å². The molecule has 0 aromatic carbocycles. The summed E-state index contributed by atoms with van der Waals surface area (Å²) in [7, 11) is 0. The number of aliphatic hydroxyl groups excluding tert-OH is 1. The van der Waals surface area contributed by atoms with Crippen LogP contribution in [-0.4, -0.2) is 44.0 Å². The molecule has 0 amide bonds. The number of allylic oxidation sites excluding steroid dienone is 1. The fourth-order valence-corrected chi connectivity index (χ4v) is 8.74. The highest BCUT2D eigenvalue weighted by Crippen LogP contribution is 2.72. The second-order valence-electron chi connectivity index (χ2n) is 10.2. The predicted octanol–water partition coefficient (Wildman–Crippen LogP) is 3.52. The van der Waals surface area contributed by atoms with Crippen LogP contribution in [0.3, 0.4) is 0 Å². The maximum atomic E-state index is 15.4. The zero-order valence-corrected chi connectivity index (χ0v) is 18.6. The van der Waals surface area contributed by atoms with Gasteiger partial charge in [-0.25, -0.2) is 4.39 Å². The van der Waals surface area contributed by atoms with Crippen molar-refractivity contribution >= 4 is 27.5 Å². The lowest BCUT2D eigenvalue weighted by Gasteiger charge is -2.65. The number of fused-ring (bicyclic) bond motifs is 5. The molecule has 0 radical (unpaired) electrons. The molecule has 0 bridgehead atoms. The van der Waals surface area contributed by atoms with E-state index in [4.69, 9.17) is 0 Å². The van der Waals surface area contributed by atoms with E-state index in [-0.39, 0.29) is 42.2 Å². The summed E-state index contributed by atoms with van der Waals surface area (Å²) in [5, 5.41) is 22.9. The second kappa shape index (κ2) is 5.98. The molecular formula is C22H30BrFO4. The molecule has 3 saturated carbocycles. The average Bonchev–Trinajstić information content (AvgIpc) is 2.81. The number of carbonyl (C=O) groups is 2. The SMILES string of the molecule is CC(=O)[C@@]1(O)[C@H](C)C[C@H]2[C@@H]3C[C@H](F)C4=CC(=O)CC[C@]4(C)[C@@]3(Br)[C@@H](O)C[C@@]21C. The van der Waals surface area contributed by atoms with E-state index in [1.807, 2.05) is 20.8 Å². The lowest BCUT2D eigenvalue weighted by Crippen LogP contribution is -2.70. The molecule has 6 heteroatoms. The van der Waals surface area contributed by atoms with E-state index in [1.54, 1.807) is 0 Å². The lowest BCUT2D eigenvalue weighted by molar-refractivity contribution is -0.178. The first-order valence-corrected chi connectivity index (χ1v) is 11.1. The molecule has 3 fully saturated rings. The number of Topliss-reactive ketones (excluding diaryl/α,β-unsaturated/α-hetero) is 1. The first kappa shape index (κ1) is 20.7. The summed E-state index contributed by atoms with van der Waals surface area (Å²) in [6.07, 6.45) is 1.27. The molecule has 4 rings (SSSR count). The second-order valence-corrected chi connectivity index (χ2v) is 11.5. The molecular weight excluding hydrogens is 427 g/mol. The van der Waals surface area contributed by atoms with Gasteiger partial charge in [-0.05, 0) is 62.0 Å². The predicted molar refractivity (Wildman–Crippen MR) is 107 cm³/mol. The van der Waals surface area contributed by atoms with Gasteiger partial charge in [-0.1, -0.05) is 36.7 Å². The molecule has 0 unspecified atom stereocenters. The number of hydrogen-bond donors (Lipinski definition) is 2. The van der Waals surface area contributed by atoms with Gasteiger partial charge in [0.05, 0.1) is 10.4 Å². The van der Waals surface area contributed by atoms with Crippen molar-refractivity contribution in [1.29, 1.82) is 0 Å². The third-order valence-corrected chi connectivity index (χ3v) is 11.1. The average molecular weight is 457 g/mol. The molecule has 0 aliphatic heterocycles. The normalized spacial score (nSPS) is 55.8. The van der Waals surface area contributed by atoms with E-state index in [9.17, 15) is 19.8 Å². The standard InChI is InChI=1S/C22H30BrFO4/c1-11-7-14-15-9-17(24)16-8-13(26)5-6-19(16,3)21(15,23)18(27)10-20(14,4)22(11,28)12(2)25/h8,11,14-15,17-18,27-28H,5-7,9-10H2,1-4H3/t11-,14+,15+,17+,18+,19+,20+,21+,22+/m1/s1. The molecule has 4 nitrogen and oxygen atoms in total. The maximum absolute atomic E-state index is 15.4. The first-order valence-electron chi connectivity index (χ1n) is 10.3. The van der Waals surface area contributed by atoms with Crippen LogP contribution in [0.4, 0.5) is 4.39 Å². The van der Waals surface area contributed by atoms with Crippen LogP contribution in [0, 0.1) is 28.6 Å². The molecule has 4 aliphatic carbocycles. The van der Waals surface area contributed by atoms with E-state index < -0.39 is 33.0 Å². The molecule has 0 aromatic rings. The van der Waals surface area contributed by atoms with Crippen molar-refractivity contribution in [3.05, 3.63) is 11.6 Å². The highest BCUT2D eigenvalue weighted by atomic mass is 79.9. The van der Waals surface area contributed by atoms with Gasteiger partial charge in [-0.3, -0.25) is 9.59 Å². The molecule has 0 aromatic heterocycles. The zero-order valence-electron chi connectivity index (χ0n) is 17.0. The lowest BCUT2D eigenvalue weighted by atomic mass is 9.45. The van der Waals surface area contributed by atoms with E-state index in [2.05, 4.69) is 15.9 Å². The third kappa shape index (κ3) is 2.12. The quantitative estimate of drug-likeness (QED) is 0.591. The summed E-state index contributed by atoms with van der Waals surface area (Å²) < 4.78 is 14.6. The fourth-order valence-electron chi connectivity index (χ4n) is 7.65. The van der Waals surface area contributed by atoms with Crippen LogP contribution in [0.1, 0.15) is 59.8 Å². The van der Waals surface area contributed by atoms with Crippen LogP contribution >= 0.6 is 15.9 Å². The van der Waals surface area contributed by atoms with E-state index in [1.165, 1.54) is 13.0 Å². The van der Waals surface area contributed by atoms with Crippen LogP contribution in [0.15, 0.2) is 11.6 Å². The van der Waals surface area contributed by atoms with E-state index in [0.29, 0.717) is 24.8 Å². The minimum Gasteiger partial charge on any atom is -0.392 e. The molecule has 0 saturated heterocycles. The van der Waals surface area contributed by atoms with Crippen molar-refractivity contribution in [2.45, 2.75) is 82.0 Å². The molecule has 156 valence electrons. The van der Waals surface area contributed by atoms with Crippen molar-refractivity contribution in [2.24, 2.45) is 28.6 Å². The Hall–Kier alpha value is -0.590. The van der Waals surface area contributed by atoms with Crippen LogP contribution < -0.4 is 0 Å². The van der Waals surface area contributed by atoms with Gasteiger partial charge in [0.25, 0.3) is 0 Å². The van der Waals surface area contributed by atoms with E-state index in [0.717, 1.165) is 0 Å². The topological polar surface area (TPSA) is 74.6 Å². The Morgan fingerprint density at radius 3 is 2.54 bits per heavy atom. The Morgan fingerprint density at radius 1 is 1.29 bits per heavy atom. The Bertz CT molecular complexity index is 782. The monoisotopic (exact) mass is 456 g/mol. The molecule has 0 spiro atoms. The van der Waals surface area contributed by atoms with Crippen LogP contribution in [0.25, 0.3) is 0 Å². The van der Waals surface area contributed by atoms with Crippen LogP contribution in [-0.2, 0) is 9.59 Å². The molecule has 2 N–H and O–H groups in total. The summed E-state index contributed by atoms with van der Waals surface area (Å²) in [4.78, 5) is 24.5. The number of halogens is 2. The summed E-state index contributed by atoms with van der Waals surface area (Å²) >= 11 is 3.90. The minimum absolute atomic E-state index is 0.0553. The zero-order chi connectivity index (χ0) is 20.9. The maximum Gasteiger partial charge on any atom is 0.162 e. The highest BCUT2D eigenvalue weighted by Gasteiger charge is 2.75. The summed E-state index contributed by atoms with van der Waals surface area (Å²) in [6.45, 7) is 7.15. The highest BCUT2D eigenvalue weighted by molar-refractivity contribution is 9.10. The molecule has 0 heterocycles. The van der Waals surface area contributed by atoms with Crippen molar-refractivity contribution in [3.8, 4) is 0 Å². The van der Waals surface area contributed by atoms with Crippen molar-refractivity contribution in [1.82, 2.24) is 0 Å². The third-order valence-electron chi connectivity index (χ3n) is 9.14. The number of ketones is 2. The largest absolute Gasteiger partial charge is 0.392 e. The first-order chi connectivity index (χ1) is 12.8. The van der Waals surface area contributed by atoms with Gasteiger partial charge < -0.3 is 10.2 Å². The number of carbonyl (C=O) groups excluding carboxylic acids is 2. The van der Waals surface area contributed by atoms with Gasteiger partial charge in [-0.15, -0.1) is 0 Å². The number of aliphatic hydroxyl groups is 2. The van der Waals surface area contributed by atoms with E-state index >= 15 is 4.39 Å². The Balaban J connectivity index is 1.87. The van der Waals surface area contributed by atoms with Gasteiger partial charge in [0.2, 0.25) is 0 Å². The minimum atomic E-state index is -1.52. The molecule has 4 aliphatic rings. The van der Waals surface area contributed by atoms with Gasteiger partial charge in [0.1, 0.15) is 11.8 Å². The smallest absolute Gasteiger partial charge is 0.162 e. The number of alkyl halides is 2. The van der Waals surface area contributed by atoms with Crippen LogP contribution in [0.5, 0.6) is 0 Å².